The van der Waals surface area contributed by atoms with Crippen LogP contribution in [-0.4, -0.2) is 15.2 Å². The molecule has 0 spiro atoms. The molecule has 2 rings (SSSR count). The van der Waals surface area contributed by atoms with E-state index in [-0.39, 0.29) is 11.6 Å². The lowest BCUT2D eigenvalue weighted by molar-refractivity contribution is 0.457. The van der Waals surface area contributed by atoms with E-state index in [2.05, 4.69) is 4.98 Å². The maximum Gasteiger partial charge on any atom is 0.251 e. The Balaban J connectivity index is 3.03. The molecule has 0 amide bonds. The first kappa shape index (κ1) is 7.67. The number of aromatic nitrogens is 1. The van der Waals surface area contributed by atoms with Crippen LogP contribution in [0.15, 0.2) is 29.1 Å². The van der Waals surface area contributed by atoms with Crippen molar-refractivity contribution in [3.63, 3.8) is 0 Å². The number of pyridine rings is 1. The maximum absolute atomic E-state index is 10.9. The largest absolute Gasteiger partial charge is 0.507 e. The third-order valence-corrected chi connectivity index (χ3v) is 1.86. The average Bonchev–Trinajstić information content (AvgIpc) is 2.07. The van der Waals surface area contributed by atoms with Gasteiger partial charge in [0.25, 0.3) is 5.56 Å². The van der Waals surface area contributed by atoms with Crippen molar-refractivity contribution in [1.29, 1.82) is 0 Å². The SMILES string of the molecule is O=c1cc2c(O)cccc2c(O)[nH]1. The summed E-state index contributed by atoms with van der Waals surface area (Å²) in [7, 11) is 0. The second-order valence-electron chi connectivity index (χ2n) is 2.72. The Labute approximate surface area is 73.1 Å². The molecule has 0 saturated heterocycles. The highest BCUT2D eigenvalue weighted by atomic mass is 16.3. The van der Waals surface area contributed by atoms with Gasteiger partial charge in [-0.3, -0.25) is 9.78 Å². The molecule has 1 heterocycles. The third-order valence-electron chi connectivity index (χ3n) is 1.86. The smallest absolute Gasteiger partial charge is 0.251 e. The monoisotopic (exact) mass is 177 g/mol. The van der Waals surface area contributed by atoms with Crippen LogP contribution in [0.1, 0.15) is 0 Å². The van der Waals surface area contributed by atoms with Crippen LogP contribution in [0.25, 0.3) is 10.8 Å². The molecular formula is C9H7NO3. The number of phenols is 1. The van der Waals surface area contributed by atoms with Crippen molar-refractivity contribution >= 4 is 10.8 Å². The number of hydrogen-bond acceptors (Lipinski definition) is 3. The minimum absolute atomic E-state index is 0.0149. The molecule has 0 saturated carbocycles. The molecule has 0 radical (unpaired) electrons. The minimum atomic E-state index is -0.438. The van der Waals surface area contributed by atoms with Gasteiger partial charge in [0.1, 0.15) is 5.75 Å². The fraction of sp³-hybridized carbons (Fsp3) is 0. The number of benzene rings is 1. The highest BCUT2D eigenvalue weighted by molar-refractivity contribution is 5.91. The third kappa shape index (κ3) is 1.12. The lowest BCUT2D eigenvalue weighted by Crippen LogP contribution is -2.02. The number of H-pyrrole nitrogens is 1. The zero-order valence-electron chi connectivity index (χ0n) is 6.61. The summed E-state index contributed by atoms with van der Waals surface area (Å²) in [6.07, 6.45) is 0. The van der Waals surface area contributed by atoms with Gasteiger partial charge in [-0.2, -0.15) is 0 Å². The van der Waals surface area contributed by atoms with E-state index in [4.69, 9.17) is 0 Å². The van der Waals surface area contributed by atoms with Crippen molar-refractivity contribution in [3.8, 4) is 11.6 Å². The van der Waals surface area contributed by atoms with Crippen LogP contribution in [0.5, 0.6) is 11.6 Å². The van der Waals surface area contributed by atoms with Crippen LogP contribution in [-0.2, 0) is 0 Å². The zero-order chi connectivity index (χ0) is 9.42. The molecular weight excluding hydrogens is 170 g/mol. The summed E-state index contributed by atoms with van der Waals surface area (Å²) in [4.78, 5) is 13.2. The van der Waals surface area contributed by atoms with E-state index in [0.717, 1.165) is 0 Å². The number of fused-ring (bicyclic) bond motifs is 1. The van der Waals surface area contributed by atoms with Crippen LogP contribution in [0.3, 0.4) is 0 Å². The Morgan fingerprint density at radius 1 is 1.15 bits per heavy atom. The van der Waals surface area contributed by atoms with Crippen LogP contribution < -0.4 is 5.56 Å². The summed E-state index contributed by atoms with van der Waals surface area (Å²) in [5.74, 6) is -0.239. The number of phenolic OH excluding ortho intramolecular Hbond substituents is 1. The van der Waals surface area contributed by atoms with Crippen molar-refractivity contribution in [3.05, 3.63) is 34.6 Å². The molecule has 1 aromatic heterocycles. The molecule has 1 aromatic carbocycles. The second-order valence-corrected chi connectivity index (χ2v) is 2.72. The first-order valence-electron chi connectivity index (χ1n) is 3.72. The van der Waals surface area contributed by atoms with E-state index in [1.54, 1.807) is 12.1 Å². The highest BCUT2D eigenvalue weighted by Crippen LogP contribution is 2.26. The lowest BCUT2D eigenvalue weighted by atomic mass is 10.1. The molecule has 4 nitrogen and oxygen atoms in total. The summed E-state index contributed by atoms with van der Waals surface area (Å²) in [6.45, 7) is 0. The predicted octanol–water partition coefficient (Wildman–Crippen LogP) is 0.939. The molecule has 2 aromatic rings. The zero-order valence-corrected chi connectivity index (χ0v) is 6.61. The first-order valence-corrected chi connectivity index (χ1v) is 3.72. The number of nitrogens with one attached hydrogen (secondary N) is 1. The summed E-state index contributed by atoms with van der Waals surface area (Å²) < 4.78 is 0. The maximum atomic E-state index is 10.9. The Morgan fingerprint density at radius 3 is 2.69 bits per heavy atom. The van der Waals surface area contributed by atoms with E-state index >= 15 is 0 Å². The number of hydrogen-bond donors (Lipinski definition) is 3. The summed E-state index contributed by atoms with van der Waals surface area (Å²) in [5, 5.41) is 19.4. The van der Waals surface area contributed by atoms with E-state index in [9.17, 15) is 15.0 Å². The van der Waals surface area contributed by atoms with Gasteiger partial charge in [0, 0.05) is 16.8 Å². The van der Waals surface area contributed by atoms with E-state index in [1.165, 1.54) is 12.1 Å². The van der Waals surface area contributed by atoms with Crippen molar-refractivity contribution in [2.45, 2.75) is 0 Å². The van der Waals surface area contributed by atoms with Crippen LogP contribution in [0.4, 0.5) is 0 Å². The van der Waals surface area contributed by atoms with Gasteiger partial charge in [-0.05, 0) is 12.1 Å². The van der Waals surface area contributed by atoms with Crippen molar-refractivity contribution in [2.24, 2.45) is 0 Å². The molecule has 0 aliphatic carbocycles. The normalized spacial score (nSPS) is 10.5. The Kier molecular flexibility index (Phi) is 1.48. The highest BCUT2D eigenvalue weighted by Gasteiger charge is 2.04. The molecule has 13 heavy (non-hydrogen) atoms. The molecule has 0 aliphatic heterocycles. The van der Waals surface area contributed by atoms with Gasteiger partial charge in [0.2, 0.25) is 0 Å². The second kappa shape index (κ2) is 2.52. The average molecular weight is 177 g/mol. The number of aromatic hydroxyl groups is 2. The van der Waals surface area contributed by atoms with Gasteiger partial charge in [-0.1, -0.05) is 6.07 Å². The molecule has 0 fully saturated rings. The minimum Gasteiger partial charge on any atom is -0.507 e. The predicted molar refractivity (Wildman–Crippen MR) is 47.9 cm³/mol. The molecule has 0 bridgehead atoms. The van der Waals surface area contributed by atoms with Gasteiger partial charge >= 0.3 is 0 Å². The Morgan fingerprint density at radius 2 is 1.92 bits per heavy atom. The van der Waals surface area contributed by atoms with Crippen molar-refractivity contribution in [1.82, 2.24) is 4.98 Å². The summed E-state index contributed by atoms with van der Waals surface area (Å²) in [6, 6.07) is 5.90. The molecule has 3 N–H and O–H groups in total. The molecule has 0 unspecified atom stereocenters. The fourth-order valence-corrected chi connectivity index (χ4v) is 1.26. The van der Waals surface area contributed by atoms with Gasteiger partial charge < -0.3 is 10.2 Å². The summed E-state index contributed by atoms with van der Waals surface area (Å²) in [5.41, 5.74) is -0.438. The first-order chi connectivity index (χ1) is 6.18. The van der Waals surface area contributed by atoms with Crippen LogP contribution in [0, 0.1) is 0 Å². The van der Waals surface area contributed by atoms with Gasteiger partial charge in [0.15, 0.2) is 5.88 Å². The molecule has 4 heteroatoms. The van der Waals surface area contributed by atoms with Gasteiger partial charge in [-0.25, -0.2) is 0 Å². The number of aromatic amines is 1. The molecule has 0 atom stereocenters. The Hall–Kier alpha value is -1.97. The van der Waals surface area contributed by atoms with E-state index < -0.39 is 5.56 Å². The Bertz CT molecular complexity index is 516. The van der Waals surface area contributed by atoms with E-state index in [0.29, 0.717) is 10.8 Å². The summed E-state index contributed by atoms with van der Waals surface area (Å²) >= 11 is 0. The van der Waals surface area contributed by atoms with Gasteiger partial charge in [0.05, 0.1) is 0 Å². The molecule has 66 valence electrons. The lowest BCUT2D eigenvalue weighted by Gasteiger charge is -2.00. The quantitative estimate of drug-likeness (QED) is 0.560. The fourth-order valence-electron chi connectivity index (χ4n) is 1.26. The standard InChI is InChI=1S/C9H7NO3/c11-7-3-1-2-5-6(7)4-8(12)10-9(5)13/h1-4,11H,(H2,10,12,13). The number of rotatable bonds is 0. The topological polar surface area (TPSA) is 73.3 Å². The van der Waals surface area contributed by atoms with Crippen molar-refractivity contribution < 1.29 is 10.2 Å². The molecule has 0 aliphatic rings. The van der Waals surface area contributed by atoms with Gasteiger partial charge in [-0.15, -0.1) is 0 Å². The van der Waals surface area contributed by atoms with E-state index in [1.807, 2.05) is 0 Å². The van der Waals surface area contributed by atoms with Crippen LogP contribution in [0.2, 0.25) is 0 Å². The van der Waals surface area contributed by atoms with Crippen molar-refractivity contribution in [2.75, 3.05) is 0 Å². The van der Waals surface area contributed by atoms with Crippen LogP contribution >= 0.6 is 0 Å².